The lowest BCUT2D eigenvalue weighted by Gasteiger charge is -2.36. The molecule has 0 aromatic heterocycles. The Balaban J connectivity index is 1.94. The van der Waals surface area contributed by atoms with E-state index in [1.807, 2.05) is 0 Å². The van der Waals surface area contributed by atoms with Gasteiger partial charge >= 0.3 is 0 Å². The van der Waals surface area contributed by atoms with Gasteiger partial charge in [0.2, 0.25) is 0 Å². The van der Waals surface area contributed by atoms with Gasteiger partial charge in [0.05, 0.1) is 11.5 Å². The predicted molar refractivity (Wildman–Crippen MR) is 67.5 cm³/mol. The van der Waals surface area contributed by atoms with Crippen molar-refractivity contribution in [2.75, 3.05) is 31.3 Å². The van der Waals surface area contributed by atoms with Crippen molar-refractivity contribution in [3.63, 3.8) is 0 Å². The van der Waals surface area contributed by atoms with E-state index in [1.54, 1.807) is 0 Å². The maximum absolute atomic E-state index is 11.4. The molecule has 1 unspecified atom stereocenters. The molecule has 2 aliphatic rings. The maximum atomic E-state index is 11.4. The Labute approximate surface area is 104 Å². The summed E-state index contributed by atoms with van der Waals surface area (Å²) in [6, 6.07) is 0. The largest absolute Gasteiger partial charge is 0.381 e. The van der Waals surface area contributed by atoms with Crippen LogP contribution in [-0.4, -0.2) is 39.7 Å². The van der Waals surface area contributed by atoms with Crippen LogP contribution in [0.4, 0.5) is 0 Å². The SMILES string of the molecule is NCC(C1CCOCC1)C1CCS(=O)(=O)CC1. The summed E-state index contributed by atoms with van der Waals surface area (Å²) in [5.41, 5.74) is 5.91. The number of ether oxygens (including phenoxy) is 1. The summed E-state index contributed by atoms with van der Waals surface area (Å²) >= 11 is 0. The van der Waals surface area contributed by atoms with E-state index in [1.165, 1.54) is 0 Å². The topological polar surface area (TPSA) is 69.4 Å². The minimum absolute atomic E-state index is 0.359. The molecule has 5 heteroatoms. The van der Waals surface area contributed by atoms with E-state index < -0.39 is 9.84 Å². The van der Waals surface area contributed by atoms with Gasteiger partial charge in [-0.25, -0.2) is 8.42 Å². The van der Waals surface area contributed by atoms with Crippen molar-refractivity contribution >= 4 is 9.84 Å². The van der Waals surface area contributed by atoms with Gasteiger partial charge < -0.3 is 10.5 Å². The Hall–Kier alpha value is -0.130. The minimum atomic E-state index is -2.75. The van der Waals surface area contributed by atoms with Crippen molar-refractivity contribution < 1.29 is 13.2 Å². The molecule has 0 aromatic rings. The van der Waals surface area contributed by atoms with Crippen LogP contribution in [0.5, 0.6) is 0 Å². The first-order valence-electron chi connectivity index (χ1n) is 6.60. The smallest absolute Gasteiger partial charge is 0.150 e. The van der Waals surface area contributed by atoms with Gasteiger partial charge in [0, 0.05) is 13.2 Å². The van der Waals surface area contributed by atoms with E-state index in [0.29, 0.717) is 35.8 Å². The molecule has 17 heavy (non-hydrogen) atoms. The van der Waals surface area contributed by atoms with Crippen LogP contribution >= 0.6 is 0 Å². The molecule has 2 aliphatic heterocycles. The van der Waals surface area contributed by atoms with E-state index in [4.69, 9.17) is 10.5 Å². The second-order valence-corrected chi connectivity index (χ2v) is 7.64. The van der Waals surface area contributed by atoms with Crippen LogP contribution in [0.15, 0.2) is 0 Å². The van der Waals surface area contributed by atoms with Crippen molar-refractivity contribution in [1.29, 1.82) is 0 Å². The first kappa shape index (κ1) is 13.3. The predicted octanol–water partition coefficient (Wildman–Crippen LogP) is 0.813. The molecule has 2 rings (SSSR count). The summed E-state index contributed by atoms with van der Waals surface area (Å²) in [6.45, 7) is 2.37. The van der Waals surface area contributed by atoms with Crippen LogP contribution in [0, 0.1) is 17.8 Å². The maximum Gasteiger partial charge on any atom is 0.150 e. The molecule has 0 bridgehead atoms. The van der Waals surface area contributed by atoms with Crippen LogP contribution in [-0.2, 0) is 14.6 Å². The third-order valence-corrected chi connectivity index (χ3v) is 6.06. The molecule has 2 N–H and O–H groups in total. The van der Waals surface area contributed by atoms with Gasteiger partial charge in [0.1, 0.15) is 9.84 Å². The molecular formula is C12H23NO3S. The summed E-state index contributed by atoms with van der Waals surface area (Å²) in [5.74, 6) is 2.36. The molecule has 2 saturated heterocycles. The molecule has 4 nitrogen and oxygen atoms in total. The number of hydrogen-bond donors (Lipinski definition) is 1. The van der Waals surface area contributed by atoms with Gasteiger partial charge in [0.25, 0.3) is 0 Å². The zero-order valence-electron chi connectivity index (χ0n) is 10.3. The van der Waals surface area contributed by atoms with Crippen molar-refractivity contribution in [3.8, 4) is 0 Å². The van der Waals surface area contributed by atoms with Crippen molar-refractivity contribution in [3.05, 3.63) is 0 Å². The average molecular weight is 261 g/mol. The molecular weight excluding hydrogens is 238 g/mol. The van der Waals surface area contributed by atoms with E-state index in [2.05, 4.69) is 0 Å². The molecule has 1 atom stereocenters. The fourth-order valence-electron chi connectivity index (χ4n) is 3.25. The molecule has 0 aliphatic carbocycles. The summed E-state index contributed by atoms with van der Waals surface area (Å²) in [7, 11) is -2.75. The zero-order chi connectivity index (χ0) is 12.3. The highest BCUT2D eigenvalue weighted by Gasteiger charge is 2.33. The van der Waals surface area contributed by atoms with Gasteiger partial charge in [-0.15, -0.1) is 0 Å². The van der Waals surface area contributed by atoms with Crippen LogP contribution in [0.3, 0.4) is 0 Å². The van der Waals surface area contributed by atoms with Crippen LogP contribution in [0.2, 0.25) is 0 Å². The lowest BCUT2D eigenvalue weighted by Crippen LogP contribution is -2.38. The first-order chi connectivity index (χ1) is 8.12. The number of sulfone groups is 1. The standard InChI is InChI=1S/C12H23NO3S/c13-9-12(10-1-5-16-6-2-10)11-3-7-17(14,15)8-4-11/h10-12H,1-9,13H2. The summed E-state index contributed by atoms with van der Waals surface area (Å²) in [4.78, 5) is 0. The van der Waals surface area contributed by atoms with Crippen LogP contribution in [0.25, 0.3) is 0 Å². The van der Waals surface area contributed by atoms with E-state index >= 15 is 0 Å². The van der Waals surface area contributed by atoms with Gasteiger partial charge in [-0.05, 0) is 50.0 Å². The van der Waals surface area contributed by atoms with E-state index in [0.717, 1.165) is 38.9 Å². The van der Waals surface area contributed by atoms with Gasteiger partial charge in [-0.3, -0.25) is 0 Å². The fourth-order valence-corrected chi connectivity index (χ4v) is 4.78. The van der Waals surface area contributed by atoms with Crippen molar-refractivity contribution in [2.24, 2.45) is 23.5 Å². The number of nitrogens with two attached hydrogens (primary N) is 1. The zero-order valence-corrected chi connectivity index (χ0v) is 11.1. The summed E-state index contributed by atoms with van der Waals surface area (Å²) in [6.07, 6.45) is 3.79. The quantitative estimate of drug-likeness (QED) is 0.816. The van der Waals surface area contributed by atoms with E-state index in [9.17, 15) is 8.42 Å². The highest BCUT2D eigenvalue weighted by Crippen LogP contribution is 2.34. The molecule has 0 saturated carbocycles. The third-order valence-electron chi connectivity index (χ3n) is 4.35. The second-order valence-electron chi connectivity index (χ2n) is 5.34. The molecule has 0 aromatic carbocycles. The van der Waals surface area contributed by atoms with Gasteiger partial charge in [-0.1, -0.05) is 0 Å². The van der Waals surface area contributed by atoms with Crippen molar-refractivity contribution in [1.82, 2.24) is 0 Å². The first-order valence-corrected chi connectivity index (χ1v) is 8.43. The Morgan fingerprint density at radius 1 is 1.06 bits per heavy atom. The number of hydrogen-bond acceptors (Lipinski definition) is 4. The normalized spacial score (nSPS) is 29.0. The van der Waals surface area contributed by atoms with Crippen molar-refractivity contribution in [2.45, 2.75) is 25.7 Å². The molecule has 0 amide bonds. The minimum Gasteiger partial charge on any atom is -0.381 e. The highest BCUT2D eigenvalue weighted by molar-refractivity contribution is 7.91. The monoisotopic (exact) mass is 261 g/mol. The molecule has 100 valence electrons. The molecule has 2 fully saturated rings. The Kier molecular flexibility index (Phi) is 4.44. The van der Waals surface area contributed by atoms with Crippen LogP contribution < -0.4 is 5.73 Å². The Bertz CT molecular complexity index is 322. The molecule has 0 radical (unpaired) electrons. The fraction of sp³-hybridized carbons (Fsp3) is 1.00. The van der Waals surface area contributed by atoms with Gasteiger partial charge in [-0.2, -0.15) is 0 Å². The highest BCUT2D eigenvalue weighted by atomic mass is 32.2. The van der Waals surface area contributed by atoms with Gasteiger partial charge in [0.15, 0.2) is 0 Å². The number of rotatable bonds is 3. The Morgan fingerprint density at radius 3 is 2.12 bits per heavy atom. The second kappa shape index (κ2) is 5.67. The molecule has 0 spiro atoms. The van der Waals surface area contributed by atoms with E-state index in [-0.39, 0.29) is 0 Å². The summed E-state index contributed by atoms with van der Waals surface area (Å²) < 4.78 is 28.2. The lowest BCUT2D eigenvalue weighted by molar-refractivity contribution is 0.0344. The lowest BCUT2D eigenvalue weighted by atomic mass is 9.75. The molecule has 2 heterocycles. The van der Waals surface area contributed by atoms with Crippen LogP contribution in [0.1, 0.15) is 25.7 Å². The summed E-state index contributed by atoms with van der Waals surface area (Å²) in [5, 5.41) is 0. The average Bonchev–Trinajstić information content (AvgIpc) is 2.33. The Morgan fingerprint density at radius 2 is 1.59 bits per heavy atom. The third kappa shape index (κ3) is 3.42.